The lowest BCUT2D eigenvalue weighted by molar-refractivity contribution is -0.148. The number of ether oxygens (including phenoxy) is 1. The number of aliphatic carboxylic acids is 1. The maximum Gasteiger partial charge on any atom is 0.334 e. The van der Waals surface area contributed by atoms with Crippen LogP contribution in [-0.2, 0) is 19.6 Å². The average Bonchev–Trinajstić information content (AvgIpc) is 2.89. The van der Waals surface area contributed by atoms with Gasteiger partial charge in [-0.25, -0.2) is 17.9 Å². The minimum absolute atomic E-state index is 0.251. The predicted octanol–water partition coefficient (Wildman–Crippen LogP) is -0.983. The third kappa shape index (κ3) is 3.79. The lowest BCUT2D eigenvalue weighted by atomic mass is 10.3. The summed E-state index contributed by atoms with van der Waals surface area (Å²) < 4.78 is 34.3. The third-order valence-electron chi connectivity index (χ3n) is 2.35. The summed E-state index contributed by atoms with van der Waals surface area (Å²) >= 11 is 0. The van der Waals surface area contributed by atoms with Crippen molar-refractivity contribution < 1.29 is 32.3 Å². The molecule has 0 fully saturated rings. The van der Waals surface area contributed by atoms with Crippen LogP contribution in [0.3, 0.4) is 0 Å². The van der Waals surface area contributed by atoms with Crippen molar-refractivity contribution in [1.82, 2.24) is 10.0 Å². The number of hydrogen-bond donors (Lipinski definition) is 3. The van der Waals surface area contributed by atoms with Gasteiger partial charge in [0.2, 0.25) is 5.09 Å². The number of furan rings is 1. The highest BCUT2D eigenvalue weighted by atomic mass is 32.2. The van der Waals surface area contributed by atoms with Gasteiger partial charge < -0.3 is 19.6 Å². The molecule has 20 heavy (non-hydrogen) atoms. The summed E-state index contributed by atoms with van der Waals surface area (Å²) in [5, 5.41) is 10.6. The molecule has 112 valence electrons. The summed E-state index contributed by atoms with van der Waals surface area (Å²) in [4.78, 5) is 22.3. The highest BCUT2D eigenvalue weighted by Crippen LogP contribution is 2.13. The monoisotopic (exact) mass is 306 g/mol. The van der Waals surface area contributed by atoms with E-state index < -0.39 is 33.1 Å². The Morgan fingerprint density at radius 3 is 2.60 bits per heavy atom. The minimum atomic E-state index is -3.78. The molecule has 0 radical (unpaired) electrons. The fraction of sp³-hybridized carbons (Fsp3) is 0.400. The fourth-order valence-corrected chi connectivity index (χ4v) is 1.88. The van der Waals surface area contributed by atoms with Crippen molar-refractivity contribution in [2.24, 2.45) is 0 Å². The molecule has 0 bridgehead atoms. The molecule has 1 atom stereocenters. The Morgan fingerprint density at radius 2 is 2.10 bits per heavy atom. The van der Waals surface area contributed by atoms with Crippen molar-refractivity contribution in [3.63, 3.8) is 0 Å². The lowest BCUT2D eigenvalue weighted by Crippen LogP contribution is -2.37. The molecule has 9 nitrogen and oxygen atoms in total. The van der Waals surface area contributed by atoms with E-state index in [-0.39, 0.29) is 12.3 Å². The van der Waals surface area contributed by atoms with Crippen LogP contribution in [0.5, 0.6) is 0 Å². The Labute approximate surface area is 115 Å². The summed E-state index contributed by atoms with van der Waals surface area (Å²) in [6.07, 6.45) is -1.20. The van der Waals surface area contributed by atoms with Gasteiger partial charge in [-0.2, -0.15) is 0 Å². The second kappa shape index (κ2) is 6.50. The molecular weight excluding hydrogens is 292 g/mol. The molecule has 0 aliphatic carbocycles. The summed E-state index contributed by atoms with van der Waals surface area (Å²) in [5.41, 5.74) is 0. The molecule has 1 unspecified atom stereocenters. The van der Waals surface area contributed by atoms with Crippen molar-refractivity contribution in [2.45, 2.75) is 11.2 Å². The van der Waals surface area contributed by atoms with Gasteiger partial charge in [0.05, 0.1) is 6.54 Å². The molecule has 0 aliphatic rings. The second-order valence-corrected chi connectivity index (χ2v) is 5.42. The maximum absolute atomic E-state index is 11.6. The van der Waals surface area contributed by atoms with E-state index in [4.69, 9.17) is 9.52 Å². The highest BCUT2D eigenvalue weighted by Gasteiger charge is 2.21. The van der Waals surface area contributed by atoms with Crippen molar-refractivity contribution in [3.05, 3.63) is 17.9 Å². The fourth-order valence-electron chi connectivity index (χ4n) is 1.23. The van der Waals surface area contributed by atoms with E-state index in [1.807, 2.05) is 4.72 Å². The molecule has 0 aliphatic heterocycles. The Bertz CT molecular complexity index is 593. The molecule has 0 saturated carbocycles. The van der Waals surface area contributed by atoms with Crippen LogP contribution in [0.25, 0.3) is 0 Å². The zero-order valence-electron chi connectivity index (χ0n) is 10.7. The molecule has 10 heteroatoms. The van der Waals surface area contributed by atoms with Gasteiger partial charge in [-0.1, -0.05) is 0 Å². The molecule has 1 amide bonds. The van der Waals surface area contributed by atoms with Crippen LogP contribution in [-0.4, -0.2) is 52.2 Å². The molecule has 0 spiro atoms. The summed E-state index contributed by atoms with van der Waals surface area (Å²) in [6, 6.07) is 2.29. The van der Waals surface area contributed by atoms with Crippen LogP contribution in [0, 0.1) is 0 Å². The number of amides is 1. The lowest BCUT2D eigenvalue weighted by Gasteiger charge is -2.10. The number of nitrogens with one attached hydrogen (secondary N) is 2. The molecule has 0 aromatic carbocycles. The first kappa shape index (κ1) is 16.1. The number of carbonyl (C=O) groups is 2. The molecular formula is C10H14N2O7S. The number of rotatable bonds is 7. The Balaban J connectivity index is 2.72. The largest absolute Gasteiger partial charge is 0.479 e. The van der Waals surface area contributed by atoms with E-state index in [1.54, 1.807) is 0 Å². The quantitative estimate of drug-likeness (QED) is 0.589. The number of sulfonamides is 1. The molecule has 1 aromatic heterocycles. The Kier molecular flexibility index (Phi) is 5.25. The van der Waals surface area contributed by atoms with Crippen molar-refractivity contribution in [3.8, 4) is 0 Å². The Morgan fingerprint density at radius 1 is 1.45 bits per heavy atom. The summed E-state index contributed by atoms with van der Waals surface area (Å²) in [7, 11) is -1.38. The first-order chi connectivity index (χ1) is 9.31. The van der Waals surface area contributed by atoms with Crippen LogP contribution in [0.2, 0.25) is 0 Å². The van der Waals surface area contributed by atoms with Crippen molar-refractivity contribution in [1.29, 1.82) is 0 Å². The van der Waals surface area contributed by atoms with Crippen LogP contribution in [0.4, 0.5) is 0 Å². The summed E-state index contributed by atoms with van der Waals surface area (Å²) in [5.74, 6) is -2.23. The molecule has 3 N–H and O–H groups in total. The van der Waals surface area contributed by atoms with Gasteiger partial charge in [0.1, 0.15) is 0 Å². The van der Waals surface area contributed by atoms with Crippen molar-refractivity contribution in [2.75, 3.05) is 20.7 Å². The normalized spacial score (nSPS) is 12.9. The third-order valence-corrected chi connectivity index (χ3v) is 3.63. The van der Waals surface area contributed by atoms with E-state index in [1.165, 1.54) is 20.2 Å². The van der Waals surface area contributed by atoms with Crippen LogP contribution >= 0.6 is 0 Å². The van der Waals surface area contributed by atoms with Gasteiger partial charge in [-0.3, -0.25) is 4.79 Å². The van der Waals surface area contributed by atoms with E-state index in [0.717, 1.165) is 6.07 Å². The van der Waals surface area contributed by atoms with E-state index in [0.29, 0.717) is 0 Å². The molecule has 1 heterocycles. The Hall–Kier alpha value is -1.91. The van der Waals surface area contributed by atoms with Gasteiger partial charge in [-0.05, 0) is 19.2 Å². The standard InChI is InChI=1S/C10H14N2O7S/c1-11-20(16,17)8-4-3-6(19-8)9(13)12-5-7(18-2)10(14)15/h3-4,7,11H,5H2,1-2H3,(H,12,13)(H,14,15). The average molecular weight is 306 g/mol. The first-order valence-electron chi connectivity index (χ1n) is 5.39. The highest BCUT2D eigenvalue weighted by molar-refractivity contribution is 7.89. The molecule has 0 saturated heterocycles. The number of carbonyl (C=O) groups excluding carboxylic acids is 1. The van der Waals surface area contributed by atoms with E-state index in [2.05, 4.69) is 10.1 Å². The number of hydrogen-bond acceptors (Lipinski definition) is 6. The zero-order valence-corrected chi connectivity index (χ0v) is 11.6. The first-order valence-corrected chi connectivity index (χ1v) is 6.87. The van der Waals surface area contributed by atoms with Crippen LogP contribution in [0.15, 0.2) is 21.6 Å². The van der Waals surface area contributed by atoms with Crippen molar-refractivity contribution >= 4 is 21.9 Å². The van der Waals surface area contributed by atoms with Gasteiger partial charge >= 0.3 is 5.97 Å². The smallest absolute Gasteiger partial charge is 0.334 e. The number of carboxylic acid groups (broad SMARTS) is 1. The topological polar surface area (TPSA) is 135 Å². The van der Waals surface area contributed by atoms with Gasteiger partial charge in [0.15, 0.2) is 11.9 Å². The van der Waals surface area contributed by atoms with Gasteiger partial charge in [-0.15, -0.1) is 0 Å². The zero-order chi connectivity index (χ0) is 15.3. The second-order valence-electron chi connectivity index (χ2n) is 3.60. The maximum atomic E-state index is 11.6. The number of carboxylic acids is 1. The van der Waals surface area contributed by atoms with Gasteiger partial charge in [0, 0.05) is 7.11 Å². The molecule has 1 aromatic rings. The SMILES string of the molecule is CNS(=O)(=O)c1ccc(C(=O)NCC(OC)C(=O)O)o1. The summed E-state index contributed by atoms with van der Waals surface area (Å²) in [6.45, 7) is -0.278. The molecule has 1 rings (SSSR count). The van der Waals surface area contributed by atoms with Crippen LogP contribution < -0.4 is 10.0 Å². The van der Waals surface area contributed by atoms with E-state index >= 15 is 0 Å². The number of methoxy groups -OCH3 is 1. The van der Waals surface area contributed by atoms with E-state index in [9.17, 15) is 18.0 Å². The predicted molar refractivity (Wildman–Crippen MR) is 65.7 cm³/mol. The van der Waals surface area contributed by atoms with Crippen LogP contribution in [0.1, 0.15) is 10.6 Å². The van der Waals surface area contributed by atoms with Gasteiger partial charge in [0.25, 0.3) is 15.9 Å². The minimum Gasteiger partial charge on any atom is -0.479 e.